The zero-order chi connectivity index (χ0) is 21.1. The SMILES string of the molecule is COc1ccc(-n2c(SCC(=O)Nc3ccnn3C(C)C)nc3ccccc32)cc1. The molecule has 1 N–H and O–H groups in total. The minimum absolute atomic E-state index is 0.101. The van der Waals surface area contributed by atoms with Gasteiger partial charge in [0.25, 0.3) is 0 Å². The van der Waals surface area contributed by atoms with Gasteiger partial charge in [0.05, 0.1) is 30.1 Å². The van der Waals surface area contributed by atoms with Crippen LogP contribution >= 0.6 is 11.8 Å². The van der Waals surface area contributed by atoms with Crippen LogP contribution in [0.25, 0.3) is 16.7 Å². The summed E-state index contributed by atoms with van der Waals surface area (Å²) in [7, 11) is 1.65. The summed E-state index contributed by atoms with van der Waals surface area (Å²) < 4.78 is 9.12. The predicted octanol–water partition coefficient (Wildman–Crippen LogP) is 4.54. The normalized spacial score (nSPS) is 11.2. The average Bonchev–Trinajstić information content (AvgIpc) is 3.36. The number of carbonyl (C=O) groups is 1. The summed E-state index contributed by atoms with van der Waals surface area (Å²) in [5.74, 6) is 1.62. The number of hydrogen-bond acceptors (Lipinski definition) is 5. The van der Waals surface area contributed by atoms with Gasteiger partial charge in [0, 0.05) is 17.8 Å². The lowest BCUT2D eigenvalue weighted by Gasteiger charge is -2.12. The molecule has 0 bridgehead atoms. The number of nitrogens with zero attached hydrogens (tertiary/aromatic N) is 4. The molecule has 8 heteroatoms. The fourth-order valence-electron chi connectivity index (χ4n) is 3.22. The van der Waals surface area contributed by atoms with E-state index in [4.69, 9.17) is 9.72 Å². The standard InChI is InChI=1S/C22H23N5O2S/c1-15(2)27-20(12-13-23-27)25-21(28)14-30-22-24-18-6-4-5-7-19(18)26(22)16-8-10-17(29-3)11-9-16/h4-13,15H,14H2,1-3H3,(H,25,28). The van der Waals surface area contributed by atoms with E-state index in [1.54, 1.807) is 24.1 Å². The van der Waals surface area contributed by atoms with Crippen LogP contribution in [-0.2, 0) is 4.79 Å². The number of anilines is 1. The van der Waals surface area contributed by atoms with Crippen LogP contribution in [0.2, 0.25) is 0 Å². The molecule has 30 heavy (non-hydrogen) atoms. The second-order valence-electron chi connectivity index (χ2n) is 7.01. The second kappa shape index (κ2) is 8.62. The van der Waals surface area contributed by atoms with Crippen molar-refractivity contribution in [2.45, 2.75) is 25.0 Å². The van der Waals surface area contributed by atoms with Crippen LogP contribution in [0.5, 0.6) is 5.75 Å². The maximum atomic E-state index is 12.6. The molecule has 0 saturated heterocycles. The lowest BCUT2D eigenvalue weighted by Crippen LogP contribution is -2.18. The molecule has 2 aromatic carbocycles. The van der Waals surface area contributed by atoms with Gasteiger partial charge in [-0.25, -0.2) is 9.67 Å². The number of amides is 1. The Morgan fingerprint density at radius 3 is 2.63 bits per heavy atom. The summed E-state index contributed by atoms with van der Waals surface area (Å²) in [6, 6.07) is 17.7. The molecule has 0 spiro atoms. The number of hydrogen-bond donors (Lipinski definition) is 1. The van der Waals surface area contributed by atoms with Crippen molar-refractivity contribution in [1.82, 2.24) is 19.3 Å². The zero-order valence-electron chi connectivity index (χ0n) is 17.1. The van der Waals surface area contributed by atoms with Gasteiger partial charge in [0.2, 0.25) is 5.91 Å². The number of ether oxygens (including phenoxy) is 1. The maximum Gasteiger partial charge on any atom is 0.235 e. The van der Waals surface area contributed by atoms with Gasteiger partial charge in [-0.1, -0.05) is 23.9 Å². The Labute approximate surface area is 179 Å². The molecule has 0 radical (unpaired) electrons. The Morgan fingerprint density at radius 1 is 1.13 bits per heavy atom. The summed E-state index contributed by atoms with van der Waals surface area (Å²) in [6.45, 7) is 4.04. The van der Waals surface area contributed by atoms with Gasteiger partial charge in [0.15, 0.2) is 5.16 Å². The Hall–Kier alpha value is -3.26. The third-order valence-corrected chi connectivity index (χ3v) is 5.56. The van der Waals surface area contributed by atoms with E-state index < -0.39 is 0 Å². The topological polar surface area (TPSA) is 74.0 Å². The number of imidazole rings is 1. The Balaban J connectivity index is 1.58. The van der Waals surface area contributed by atoms with E-state index in [2.05, 4.69) is 15.0 Å². The van der Waals surface area contributed by atoms with Crippen molar-refractivity contribution in [3.8, 4) is 11.4 Å². The molecule has 0 saturated carbocycles. The zero-order valence-corrected chi connectivity index (χ0v) is 17.9. The van der Waals surface area contributed by atoms with Crippen LogP contribution in [0.3, 0.4) is 0 Å². The second-order valence-corrected chi connectivity index (χ2v) is 7.95. The number of methoxy groups -OCH3 is 1. The summed E-state index contributed by atoms with van der Waals surface area (Å²) in [6.07, 6.45) is 1.69. The monoisotopic (exact) mass is 421 g/mol. The van der Waals surface area contributed by atoms with Gasteiger partial charge in [-0.2, -0.15) is 5.10 Å². The lowest BCUT2D eigenvalue weighted by atomic mass is 10.2. The van der Waals surface area contributed by atoms with Gasteiger partial charge in [0.1, 0.15) is 11.6 Å². The van der Waals surface area contributed by atoms with E-state index in [-0.39, 0.29) is 17.7 Å². The summed E-state index contributed by atoms with van der Waals surface area (Å²) in [4.78, 5) is 17.3. The largest absolute Gasteiger partial charge is 0.497 e. The van der Waals surface area contributed by atoms with Crippen molar-refractivity contribution in [3.05, 3.63) is 60.8 Å². The van der Waals surface area contributed by atoms with Crippen molar-refractivity contribution < 1.29 is 9.53 Å². The molecule has 0 aliphatic heterocycles. The molecule has 0 fully saturated rings. The van der Waals surface area contributed by atoms with E-state index in [0.29, 0.717) is 5.82 Å². The highest BCUT2D eigenvalue weighted by Crippen LogP contribution is 2.29. The Morgan fingerprint density at radius 2 is 1.90 bits per heavy atom. The predicted molar refractivity (Wildman–Crippen MR) is 120 cm³/mol. The lowest BCUT2D eigenvalue weighted by molar-refractivity contribution is -0.113. The van der Waals surface area contributed by atoms with Crippen LogP contribution < -0.4 is 10.1 Å². The van der Waals surface area contributed by atoms with Crippen LogP contribution in [0.15, 0.2) is 66.0 Å². The number of thioether (sulfide) groups is 1. The van der Waals surface area contributed by atoms with Crippen molar-refractivity contribution in [2.24, 2.45) is 0 Å². The fraction of sp³-hybridized carbons (Fsp3) is 0.227. The molecule has 2 heterocycles. The molecule has 154 valence electrons. The molecule has 7 nitrogen and oxygen atoms in total. The highest BCUT2D eigenvalue weighted by atomic mass is 32.2. The van der Waals surface area contributed by atoms with Crippen molar-refractivity contribution in [1.29, 1.82) is 0 Å². The number of rotatable bonds is 7. The number of benzene rings is 2. The average molecular weight is 422 g/mol. The van der Waals surface area contributed by atoms with Crippen molar-refractivity contribution in [3.63, 3.8) is 0 Å². The summed E-state index contributed by atoms with van der Waals surface area (Å²) in [5.41, 5.74) is 2.84. The van der Waals surface area contributed by atoms with Crippen LogP contribution in [-0.4, -0.2) is 38.1 Å². The van der Waals surface area contributed by atoms with Crippen molar-refractivity contribution in [2.75, 3.05) is 18.2 Å². The first-order valence-corrected chi connectivity index (χ1v) is 10.6. The van der Waals surface area contributed by atoms with E-state index in [9.17, 15) is 4.79 Å². The molecular weight excluding hydrogens is 398 g/mol. The van der Waals surface area contributed by atoms with E-state index >= 15 is 0 Å². The minimum Gasteiger partial charge on any atom is -0.497 e. The minimum atomic E-state index is -0.101. The number of para-hydroxylation sites is 2. The Bertz CT molecular complexity index is 1160. The summed E-state index contributed by atoms with van der Waals surface area (Å²) in [5, 5.41) is 7.95. The maximum absolute atomic E-state index is 12.6. The van der Waals surface area contributed by atoms with E-state index in [1.165, 1.54) is 11.8 Å². The smallest absolute Gasteiger partial charge is 0.235 e. The number of aromatic nitrogens is 4. The molecule has 0 aliphatic carbocycles. The van der Waals surface area contributed by atoms with Gasteiger partial charge in [-0.05, 0) is 50.2 Å². The molecule has 0 aliphatic rings. The molecule has 1 amide bonds. The molecule has 0 unspecified atom stereocenters. The number of nitrogens with one attached hydrogen (secondary N) is 1. The van der Waals surface area contributed by atoms with Crippen LogP contribution in [0.4, 0.5) is 5.82 Å². The van der Waals surface area contributed by atoms with Crippen LogP contribution in [0.1, 0.15) is 19.9 Å². The van der Waals surface area contributed by atoms with Gasteiger partial charge >= 0.3 is 0 Å². The molecular formula is C22H23N5O2S. The van der Waals surface area contributed by atoms with E-state index in [0.717, 1.165) is 27.6 Å². The first kappa shape index (κ1) is 20.0. The summed E-state index contributed by atoms with van der Waals surface area (Å²) >= 11 is 1.40. The first-order chi connectivity index (χ1) is 14.6. The van der Waals surface area contributed by atoms with Gasteiger partial charge in [-0.15, -0.1) is 0 Å². The molecule has 4 aromatic rings. The molecule has 0 atom stereocenters. The quantitative estimate of drug-likeness (QED) is 0.444. The third-order valence-electron chi connectivity index (χ3n) is 4.62. The molecule has 4 rings (SSSR count). The number of carbonyl (C=O) groups excluding carboxylic acids is 1. The third kappa shape index (κ3) is 4.04. The van der Waals surface area contributed by atoms with Gasteiger partial charge in [-0.3, -0.25) is 9.36 Å². The number of fused-ring (bicyclic) bond motifs is 1. The van der Waals surface area contributed by atoms with E-state index in [1.807, 2.05) is 62.4 Å². The Kier molecular flexibility index (Phi) is 5.76. The fourth-order valence-corrected chi connectivity index (χ4v) is 4.04. The van der Waals surface area contributed by atoms with Crippen molar-refractivity contribution >= 4 is 34.5 Å². The van der Waals surface area contributed by atoms with Gasteiger partial charge < -0.3 is 10.1 Å². The van der Waals surface area contributed by atoms with Crippen LogP contribution in [0, 0.1) is 0 Å². The first-order valence-electron chi connectivity index (χ1n) is 9.65. The highest BCUT2D eigenvalue weighted by Gasteiger charge is 2.16. The highest BCUT2D eigenvalue weighted by molar-refractivity contribution is 7.99. The molecule has 2 aromatic heterocycles.